The van der Waals surface area contributed by atoms with Crippen LogP contribution in [-0.2, 0) is 12.8 Å². The highest BCUT2D eigenvalue weighted by Gasteiger charge is 2.36. The van der Waals surface area contributed by atoms with Crippen LogP contribution in [0.25, 0.3) is 16.9 Å². The third-order valence-electron chi connectivity index (χ3n) is 7.11. The van der Waals surface area contributed by atoms with Crippen LogP contribution in [0.3, 0.4) is 0 Å². The lowest BCUT2D eigenvalue weighted by Gasteiger charge is -2.14. The first-order valence-electron chi connectivity index (χ1n) is 14.1. The highest BCUT2D eigenvalue weighted by Crippen LogP contribution is 2.46. The van der Waals surface area contributed by atoms with Gasteiger partial charge in [0.25, 0.3) is 0 Å². The average molecular weight is 491 g/mol. The molecular formula is C35H42N2. The molecule has 0 N–H and O–H groups in total. The Morgan fingerprint density at radius 2 is 1.08 bits per heavy atom. The Hall–Kier alpha value is -3.36. The zero-order valence-corrected chi connectivity index (χ0v) is 23.3. The van der Waals surface area contributed by atoms with E-state index in [0.717, 1.165) is 80.3 Å². The molecule has 1 heterocycles. The molecule has 0 saturated heterocycles. The molecule has 0 spiro atoms. The summed E-state index contributed by atoms with van der Waals surface area (Å²) in [5, 5.41) is 0. The summed E-state index contributed by atoms with van der Waals surface area (Å²) in [6.07, 6.45) is 11.1. The number of rotatable bonds is 13. The Bertz CT molecular complexity index is 1270. The van der Waals surface area contributed by atoms with Crippen LogP contribution in [0.1, 0.15) is 108 Å². The molecule has 0 unspecified atom stereocenters. The fraction of sp³-hybridized carbons (Fsp3) is 0.429. The SMILES string of the molecule is CC#CCCc1ccccc1C1=C(CCCC)C(CCCCC)=C(c2ccccc2CCC#CC)[N+]1=[N-]. The van der Waals surface area contributed by atoms with E-state index in [1.807, 2.05) is 13.8 Å². The van der Waals surface area contributed by atoms with E-state index in [-0.39, 0.29) is 0 Å². The van der Waals surface area contributed by atoms with Crippen LogP contribution < -0.4 is 0 Å². The summed E-state index contributed by atoms with van der Waals surface area (Å²) in [6.45, 7) is 8.29. The minimum atomic E-state index is 0.821. The predicted molar refractivity (Wildman–Crippen MR) is 158 cm³/mol. The summed E-state index contributed by atoms with van der Waals surface area (Å²) >= 11 is 0. The summed E-state index contributed by atoms with van der Waals surface area (Å²) in [5.74, 6) is 12.5. The predicted octanol–water partition coefficient (Wildman–Crippen LogP) is 9.54. The van der Waals surface area contributed by atoms with Crippen LogP contribution in [0, 0.1) is 23.7 Å². The fourth-order valence-electron chi connectivity index (χ4n) is 5.23. The summed E-state index contributed by atoms with van der Waals surface area (Å²) in [4.78, 5) is 0. The van der Waals surface area contributed by atoms with Gasteiger partial charge in [-0.05, 0) is 75.6 Å². The molecule has 2 aromatic carbocycles. The summed E-state index contributed by atoms with van der Waals surface area (Å²) < 4.78 is 1.53. The molecule has 3 rings (SSSR count). The maximum absolute atomic E-state index is 12.0. The van der Waals surface area contributed by atoms with Crippen molar-refractivity contribution in [3.8, 4) is 23.7 Å². The molecule has 0 saturated carbocycles. The Balaban J connectivity index is 2.19. The second-order valence-electron chi connectivity index (χ2n) is 9.69. The van der Waals surface area contributed by atoms with E-state index >= 15 is 0 Å². The van der Waals surface area contributed by atoms with Gasteiger partial charge in [0.15, 0.2) is 0 Å². The number of allylic oxidation sites excluding steroid dienone is 2. The van der Waals surface area contributed by atoms with Crippen molar-refractivity contribution in [2.75, 3.05) is 0 Å². The summed E-state index contributed by atoms with van der Waals surface area (Å²) in [5.41, 5.74) is 21.3. The van der Waals surface area contributed by atoms with E-state index in [2.05, 4.69) is 86.1 Å². The Morgan fingerprint density at radius 1 is 0.622 bits per heavy atom. The van der Waals surface area contributed by atoms with Crippen LogP contribution in [-0.4, -0.2) is 4.70 Å². The molecule has 0 fully saturated rings. The largest absolute Gasteiger partial charge is 0.493 e. The third kappa shape index (κ3) is 7.11. The first-order chi connectivity index (χ1) is 18.2. The van der Waals surface area contributed by atoms with Gasteiger partial charge in [-0.3, -0.25) is 0 Å². The number of unbranched alkanes of at least 4 members (excludes halogenated alkanes) is 3. The van der Waals surface area contributed by atoms with Gasteiger partial charge in [0.2, 0.25) is 11.4 Å². The molecule has 0 atom stereocenters. The van der Waals surface area contributed by atoms with Gasteiger partial charge in [-0.2, -0.15) is 0 Å². The van der Waals surface area contributed by atoms with Gasteiger partial charge in [0.05, 0.1) is 0 Å². The first-order valence-corrected chi connectivity index (χ1v) is 14.1. The monoisotopic (exact) mass is 490 g/mol. The highest BCUT2D eigenvalue weighted by molar-refractivity contribution is 5.83. The molecular weight excluding hydrogens is 448 g/mol. The molecule has 2 nitrogen and oxygen atoms in total. The molecule has 2 heteroatoms. The summed E-state index contributed by atoms with van der Waals surface area (Å²) in [6, 6.07) is 17.1. The Morgan fingerprint density at radius 3 is 1.54 bits per heavy atom. The van der Waals surface area contributed by atoms with Crippen molar-refractivity contribution < 1.29 is 4.70 Å². The van der Waals surface area contributed by atoms with Crippen molar-refractivity contribution in [1.82, 2.24) is 0 Å². The molecule has 192 valence electrons. The van der Waals surface area contributed by atoms with Gasteiger partial charge >= 0.3 is 0 Å². The topological polar surface area (TPSA) is 25.3 Å². The van der Waals surface area contributed by atoms with Crippen LogP contribution in [0.2, 0.25) is 0 Å². The van der Waals surface area contributed by atoms with E-state index in [4.69, 9.17) is 0 Å². The van der Waals surface area contributed by atoms with E-state index in [1.165, 1.54) is 39.8 Å². The summed E-state index contributed by atoms with van der Waals surface area (Å²) in [7, 11) is 0. The van der Waals surface area contributed by atoms with Gasteiger partial charge in [0, 0.05) is 35.1 Å². The van der Waals surface area contributed by atoms with Crippen molar-refractivity contribution in [2.45, 2.75) is 98.3 Å². The number of hydrogen-bond acceptors (Lipinski definition) is 0. The van der Waals surface area contributed by atoms with Crippen LogP contribution in [0.5, 0.6) is 0 Å². The van der Waals surface area contributed by atoms with Gasteiger partial charge in [-0.1, -0.05) is 69.5 Å². The zero-order chi connectivity index (χ0) is 26.5. The third-order valence-corrected chi connectivity index (χ3v) is 7.11. The molecule has 1 aliphatic heterocycles. The lowest BCUT2D eigenvalue weighted by molar-refractivity contribution is -0.345. The highest BCUT2D eigenvalue weighted by atomic mass is 15.2. The quantitative estimate of drug-likeness (QED) is 0.152. The number of nitrogens with zero attached hydrogens (tertiary/aromatic N) is 2. The van der Waals surface area contributed by atoms with Crippen molar-refractivity contribution in [3.63, 3.8) is 0 Å². The fourth-order valence-corrected chi connectivity index (χ4v) is 5.23. The second-order valence-corrected chi connectivity index (χ2v) is 9.69. The van der Waals surface area contributed by atoms with Gasteiger partial charge in [0.1, 0.15) is 0 Å². The second kappa shape index (κ2) is 15.0. The van der Waals surface area contributed by atoms with E-state index in [9.17, 15) is 5.53 Å². The van der Waals surface area contributed by atoms with Crippen LogP contribution >= 0.6 is 0 Å². The zero-order valence-electron chi connectivity index (χ0n) is 23.3. The minimum Gasteiger partial charge on any atom is -0.493 e. The average Bonchev–Trinajstić information content (AvgIpc) is 3.19. The lowest BCUT2D eigenvalue weighted by atomic mass is 9.89. The van der Waals surface area contributed by atoms with Crippen molar-refractivity contribution in [3.05, 3.63) is 87.5 Å². The molecule has 0 aliphatic carbocycles. The van der Waals surface area contributed by atoms with Crippen LogP contribution in [0.15, 0.2) is 59.7 Å². The van der Waals surface area contributed by atoms with Crippen LogP contribution in [0.4, 0.5) is 0 Å². The van der Waals surface area contributed by atoms with Gasteiger partial charge in [-0.25, -0.2) is 4.70 Å². The molecule has 0 bridgehead atoms. The van der Waals surface area contributed by atoms with E-state index in [0.29, 0.717) is 0 Å². The van der Waals surface area contributed by atoms with E-state index in [1.54, 1.807) is 0 Å². The first kappa shape index (κ1) is 28.2. The number of benzene rings is 2. The number of hydrogen-bond donors (Lipinski definition) is 0. The Kier molecular flexibility index (Phi) is 11.5. The molecule has 1 aliphatic rings. The maximum Gasteiger partial charge on any atom is 0.211 e. The molecule has 0 aromatic heterocycles. The van der Waals surface area contributed by atoms with Crippen molar-refractivity contribution >= 4 is 11.4 Å². The molecule has 0 amide bonds. The molecule has 0 radical (unpaired) electrons. The van der Waals surface area contributed by atoms with Crippen molar-refractivity contribution in [2.24, 2.45) is 0 Å². The maximum atomic E-state index is 12.0. The van der Waals surface area contributed by atoms with Crippen molar-refractivity contribution in [1.29, 1.82) is 0 Å². The number of aryl methyl sites for hydroxylation is 2. The molecule has 37 heavy (non-hydrogen) atoms. The Labute approximate surface area is 225 Å². The minimum absolute atomic E-state index is 0.821. The van der Waals surface area contributed by atoms with E-state index < -0.39 is 0 Å². The van der Waals surface area contributed by atoms with Gasteiger partial charge < -0.3 is 5.53 Å². The van der Waals surface area contributed by atoms with Gasteiger partial charge in [-0.15, -0.1) is 23.7 Å². The smallest absolute Gasteiger partial charge is 0.211 e. The molecule has 2 aromatic rings. The standard InChI is InChI=1S/C35H42N2/c1-5-9-13-20-28-22-16-18-25-30(28)34-32(24-12-8-4)33(27-15-11-7-3)35(37(34)36)31-26-19-17-23-29(31)21-14-10-6-2/h16-19,22-23,25-26H,7-8,11-15,20-21,24,27H2,1-4H3. The normalized spacial score (nSPS) is 12.9. The lowest BCUT2D eigenvalue weighted by Crippen LogP contribution is -2.06.